The Morgan fingerprint density at radius 3 is 1.58 bits per heavy atom. The quantitative estimate of drug-likeness (QED) is 0.304. The Kier molecular flexibility index (Phi) is 16.8. The molecule has 0 radical (unpaired) electrons. The number of carboxylic acid groups (broad SMARTS) is 1. The van der Waals surface area contributed by atoms with Gasteiger partial charge in [0, 0.05) is 0 Å². The minimum Gasteiger partial charge on any atom is -0.481 e. The third-order valence-electron chi connectivity index (χ3n) is 4.63. The molecule has 0 aromatic heterocycles. The lowest BCUT2D eigenvalue weighted by Gasteiger charge is -2.12. The Morgan fingerprint density at radius 2 is 1.08 bits per heavy atom. The van der Waals surface area contributed by atoms with Gasteiger partial charge in [-0.15, -0.1) is 0 Å². The fraction of sp³-hybridized carbons (Fsp3) is 0.950. The van der Waals surface area contributed by atoms with E-state index in [4.69, 9.17) is 5.11 Å². The number of carboxylic acids is 1. The summed E-state index contributed by atoms with van der Waals surface area (Å²) in [5, 5.41) is 27.9. The SMILES string of the molecule is CCCCCCCCCCCCC[C@@H](O)CCC[C@@H](O)CC(=O)O. The van der Waals surface area contributed by atoms with Crippen molar-refractivity contribution in [2.75, 3.05) is 0 Å². The summed E-state index contributed by atoms with van der Waals surface area (Å²) in [5.74, 6) is -0.969. The second kappa shape index (κ2) is 17.2. The average molecular weight is 345 g/mol. The van der Waals surface area contributed by atoms with Crippen LogP contribution in [0, 0.1) is 0 Å². The molecule has 0 spiro atoms. The maximum atomic E-state index is 10.4. The summed E-state index contributed by atoms with van der Waals surface area (Å²) in [4.78, 5) is 10.4. The molecule has 0 unspecified atom stereocenters. The van der Waals surface area contributed by atoms with Crippen molar-refractivity contribution < 1.29 is 20.1 Å². The van der Waals surface area contributed by atoms with Crippen LogP contribution in [0.1, 0.15) is 110 Å². The second-order valence-electron chi connectivity index (χ2n) is 7.16. The van der Waals surface area contributed by atoms with Gasteiger partial charge in [0.2, 0.25) is 0 Å². The highest BCUT2D eigenvalue weighted by Gasteiger charge is 2.10. The molecule has 0 aliphatic rings. The van der Waals surface area contributed by atoms with Crippen molar-refractivity contribution in [1.82, 2.24) is 0 Å². The van der Waals surface area contributed by atoms with E-state index in [1.807, 2.05) is 0 Å². The van der Waals surface area contributed by atoms with Crippen LogP contribution < -0.4 is 0 Å². The third-order valence-corrected chi connectivity index (χ3v) is 4.63. The summed E-state index contributed by atoms with van der Waals surface area (Å²) in [6.07, 6.45) is 15.7. The van der Waals surface area contributed by atoms with E-state index >= 15 is 0 Å². The zero-order chi connectivity index (χ0) is 18.0. The van der Waals surface area contributed by atoms with Gasteiger partial charge >= 0.3 is 5.97 Å². The topological polar surface area (TPSA) is 77.8 Å². The molecule has 0 aromatic rings. The Bertz CT molecular complexity index is 281. The Hall–Kier alpha value is -0.610. The maximum Gasteiger partial charge on any atom is 0.305 e. The maximum absolute atomic E-state index is 10.4. The lowest BCUT2D eigenvalue weighted by Crippen LogP contribution is -2.14. The van der Waals surface area contributed by atoms with Crippen LogP contribution in [0.5, 0.6) is 0 Å². The summed E-state index contributed by atoms with van der Waals surface area (Å²) in [5.41, 5.74) is 0. The zero-order valence-corrected chi connectivity index (χ0v) is 15.7. The molecule has 0 rings (SSSR count). The van der Waals surface area contributed by atoms with Crippen LogP contribution in [0.25, 0.3) is 0 Å². The first-order valence-corrected chi connectivity index (χ1v) is 10.1. The van der Waals surface area contributed by atoms with Gasteiger partial charge in [-0.3, -0.25) is 4.79 Å². The summed E-state index contributed by atoms with van der Waals surface area (Å²) >= 11 is 0. The Balaban J connectivity index is 3.25. The molecule has 0 saturated heterocycles. The van der Waals surface area contributed by atoms with Gasteiger partial charge in [0.05, 0.1) is 18.6 Å². The van der Waals surface area contributed by atoms with Crippen LogP contribution in [0.2, 0.25) is 0 Å². The van der Waals surface area contributed by atoms with Crippen molar-refractivity contribution in [3.05, 3.63) is 0 Å². The predicted molar refractivity (Wildman–Crippen MR) is 99.2 cm³/mol. The molecule has 0 heterocycles. The van der Waals surface area contributed by atoms with Crippen molar-refractivity contribution in [1.29, 1.82) is 0 Å². The normalized spacial score (nSPS) is 13.8. The molecule has 24 heavy (non-hydrogen) atoms. The van der Waals surface area contributed by atoms with Gasteiger partial charge < -0.3 is 15.3 Å². The molecule has 0 aliphatic heterocycles. The van der Waals surface area contributed by atoms with E-state index in [9.17, 15) is 15.0 Å². The zero-order valence-electron chi connectivity index (χ0n) is 15.7. The van der Waals surface area contributed by atoms with Crippen LogP contribution >= 0.6 is 0 Å². The van der Waals surface area contributed by atoms with Crippen LogP contribution in [0.4, 0.5) is 0 Å². The highest BCUT2D eigenvalue weighted by molar-refractivity contribution is 5.67. The average Bonchev–Trinajstić information content (AvgIpc) is 2.52. The van der Waals surface area contributed by atoms with Crippen LogP contribution in [0.15, 0.2) is 0 Å². The predicted octanol–water partition coefficient (Wildman–Crippen LogP) is 5.05. The Morgan fingerprint density at radius 1 is 0.667 bits per heavy atom. The smallest absolute Gasteiger partial charge is 0.305 e. The number of aliphatic hydroxyl groups excluding tert-OH is 2. The first-order chi connectivity index (χ1) is 11.6. The van der Waals surface area contributed by atoms with Crippen molar-refractivity contribution in [2.45, 2.75) is 122 Å². The van der Waals surface area contributed by atoms with E-state index in [-0.39, 0.29) is 12.5 Å². The molecule has 0 saturated carbocycles. The van der Waals surface area contributed by atoms with Crippen LogP contribution in [-0.2, 0) is 4.79 Å². The van der Waals surface area contributed by atoms with Gasteiger partial charge in [0.1, 0.15) is 0 Å². The van der Waals surface area contributed by atoms with Crippen molar-refractivity contribution in [3.63, 3.8) is 0 Å². The molecule has 4 heteroatoms. The van der Waals surface area contributed by atoms with Gasteiger partial charge in [0.25, 0.3) is 0 Å². The summed E-state index contributed by atoms with van der Waals surface area (Å²) in [7, 11) is 0. The van der Waals surface area contributed by atoms with Gasteiger partial charge in [0.15, 0.2) is 0 Å². The van der Waals surface area contributed by atoms with E-state index in [2.05, 4.69) is 6.92 Å². The van der Waals surface area contributed by atoms with Gasteiger partial charge in [-0.05, 0) is 25.7 Å². The minimum absolute atomic E-state index is 0.200. The van der Waals surface area contributed by atoms with Crippen LogP contribution in [0.3, 0.4) is 0 Å². The van der Waals surface area contributed by atoms with Crippen molar-refractivity contribution >= 4 is 5.97 Å². The van der Waals surface area contributed by atoms with Gasteiger partial charge in [-0.1, -0.05) is 77.6 Å². The summed E-state index contributed by atoms with van der Waals surface area (Å²) in [6.45, 7) is 2.25. The molecule has 2 atom stereocenters. The number of hydrogen-bond donors (Lipinski definition) is 3. The van der Waals surface area contributed by atoms with Gasteiger partial charge in [-0.25, -0.2) is 0 Å². The monoisotopic (exact) mass is 344 g/mol. The first kappa shape index (κ1) is 23.4. The molecule has 0 bridgehead atoms. The van der Waals surface area contributed by atoms with E-state index in [1.165, 1.54) is 64.2 Å². The summed E-state index contributed by atoms with van der Waals surface area (Å²) < 4.78 is 0. The van der Waals surface area contributed by atoms with E-state index < -0.39 is 12.1 Å². The first-order valence-electron chi connectivity index (χ1n) is 10.1. The number of carbonyl (C=O) groups is 1. The third kappa shape index (κ3) is 17.7. The molecule has 0 aromatic carbocycles. The number of aliphatic hydroxyl groups is 2. The molecule has 0 aliphatic carbocycles. The van der Waals surface area contributed by atoms with Crippen molar-refractivity contribution in [2.24, 2.45) is 0 Å². The lowest BCUT2D eigenvalue weighted by atomic mass is 10.0. The molecule has 144 valence electrons. The Labute approximate surface area is 148 Å². The number of hydrogen-bond acceptors (Lipinski definition) is 3. The molecule has 0 fully saturated rings. The molecule has 0 amide bonds. The number of unbranched alkanes of at least 4 members (excludes halogenated alkanes) is 10. The van der Waals surface area contributed by atoms with E-state index in [1.54, 1.807) is 0 Å². The highest BCUT2D eigenvalue weighted by Crippen LogP contribution is 2.15. The fourth-order valence-corrected chi connectivity index (χ4v) is 3.08. The lowest BCUT2D eigenvalue weighted by molar-refractivity contribution is -0.139. The van der Waals surface area contributed by atoms with E-state index in [0.717, 1.165) is 12.8 Å². The van der Waals surface area contributed by atoms with E-state index in [0.29, 0.717) is 19.3 Å². The summed E-state index contributed by atoms with van der Waals surface area (Å²) in [6, 6.07) is 0. The molecular formula is C20H40O4. The number of aliphatic carboxylic acids is 1. The number of rotatable bonds is 18. The van der Waals surface area contributed by atoms with Gasteiger partial charge in [-0.2, -0.15) is 0 Å². The molecule has 4 nitrogen and oxygen atoms in total. The minimum atomic E-state index is -0.969. The van der Waals surface area contributed by atoms with Crippen LogP contribution in [-0.4, -0.2) is 33.5 Å². The second-order valence-corrected chi connectivity index (χ2v) is 7.16. The standard InChI is InChI=1S/C20H40O4/c1-2-3-4-5-6-7-8-9-10-11-12-14-18(21)15-13-16-19(22)17-20(23)24/h18-19,21-22H,2-17H2,1H3,(H,23,24)/t18-,19-/m1/s1. The molecular weight excluding hydrogens is 304 g/mol. The highest BCUT2D eigenvalue weighted by atomic mass is 16.4. The fourth-order valence-electron chi connectivity index (χ4n) is 3.08. The largest absolute Gasteiger partial charge is 0.481 e. The molecule has 3 N–H and O–H groups in total. The van der Waals surface area contributed by atoms with Crippen molar-refractivity contribution in [3.8, 4) is 0 Å².